The number of nitrogens with zero attached hydrogens (tertiary/aromatic N) is 5. The zero-order valence-electron chi connectivity index (χ0n) is 8.12. The van der Waals surface area contributed by atoms with Crippen LogP contribution in [0.15, 0.2) is 6.20 Å². The predicted molar refractivity (Wildman–Crippen MR) is 53.4 cm³/mol. The summed E-state index contributed by atoms with van der Waals surface area (Å²) < 4.78 is 6.53. The van der Waals surface area contributed by atoms with Crippen molar-refractivity contribution in [1.82, 2.24) is 25.2 Å². The third-order valence-corrected chi connectivity index (χ3v) is 2.61. The Labute approximate surface area is 89.9 Å². The van der Waals surface area contributed by atoms with Gasteiger partial charge in [-0.3, -0.25) is 0 Å². The highest BCUT2D eigenvalue weighted by atomic mass is 32.1. The average Bonchev–Trinajstić information content (AvgIpc) is 2.84. The first-order valence-electron chi connectivity index (χ1n) is 4.26. The van der Waals surface area contributed by atoms with E-state index in [0.717, 1.165) is 10.7 Å². The van der Waals surface area contributed by atoms with Gasteiger partial charge >= 0.3 is 0 Å². The van der Waals surface area contributed by atoms with Crippen LogP contribution in [0, 0.1) is 0 Å². The van der Waals surface area contributed by atoms with Crippen LogP contribution >= 0.6 is 11.3 Å². The van der Waals surface area contributed by atoms with Gasteiger partial charge in [-0.25, -0.2) is 0 Å². The Kier molecular flexibility index (Phi) is 2.99. The number of aromatic nitrogens is 5. The van der Waals surface area contributed by atoms with Crippen molar-refractivity contribution in [2.24, 2.45) is 5.73 Å². The van der Waals surface area contributed by atoms with E-state index in [1.807, 2.05) is 0 Å². The Morgan fingerprint density at radius 3 is 3.13 bits per heavy atom. The van der Waals surface area contributed by atoms with Crippen LogP contribution in [0.2, 0.25) is 0 Å². The number of methoxy groups -OCH3 is 1. The van der Waals surface area contributed by atoms with Crippen molar-refractivity contribution in [2.75, 3.05) is 7.11 Å². The molecule has 0 aliphatic carbocycles. The Hall–Kier alpha value is -1.38. The lowest BCUT2D eigenvalue weighted by Crippen LogP contribution is -2.06. The molecule has 2 heterocycles. The van der Waals surface area contributed by atoms with Gasteiger partial charge < -0.3 is 10.5 Å². The van der Waals surface area contributed by atoms with Crippen molar-refractivity contribution in [3.05, 3.63) is 16.9 Å². The lowest BCUT2D eigenvalue weighted by molar-refractivity contribution is 0.184. The largest absolute Gasteiger partial charge is 0.377 e. The van der Waals surface area contributed by atoms with Gasteiger partial charge in [0.15, 0.2) is 0 Å². The lowest BCUT2D eigenvalue weighted by atomic mass is 10.5. The Morgan fingerprint density at radius 2 is 2.40 bits per heavy atom. The second kappa shape index (κ2) is 4.43. The van der Waals surface area contributed by atoms with Gasteiger partial charge in [0.25, 0.3) is 0 Å². The molecular weight excluding hydrogens is 216 g/mol. The molecular formula is C7H10N6OS. The van der Waals surface area contributed by atoms with Crippen LogP contribution in [-0.4, -0.2) is 32.3 Å². The van der Waals surface area contributed by atoms with Gasteiger partial charge in [0.1, 0.15) is 11.6 Å². The third-order valence-electron chi connectivity index (χ3n) is 1.73. The minimum atomic E-state index is 0.367. The molecule has 0 atom stereocenters. The van der Waals surface area contributed by atoms with E-state index in [0.29, 0.717) is 18.3 Å². The first kappa shape index (κ1) is 10.1. The maximum atomic E-state index is 5.53. The molecule has 2 N–H and O–H groups in total. The fourth-order valence-electron chi connectivity index (χ4n) is 1.07. The van der Waals surface area contributed by atoms with Crippen LogP contribution < -0.4 is 5.73 Å². The summed E-state index contributed by atoms with van der Waals surface area (Å²) in [7, 11) is 1.61. The number of ether oxygens (including phenoxy) is 1. The van der Waals surface area contributed by atoms with Gasteiger partial charge in [-0.05, 0) is 0 Å². The molecule has 0 aromatic carbocycles. The van der Waals surface area contributed by atoms with Crippen molar-refractivity contribution >= 4 is 11.3 Å². The Balaban J connectivity index is 2.28. The molecule has 15 heavy (non-hydrogen) atoms. The minimum Gasteiger partial charge on any atom is -0.377 e. The van der Waals surface area contributed by atoms with Crippen molar-refractivity contribution in [2.45, 2.75) is 13.2 Å². The molecule has 2 aromatic heterocycles. The van der Waals surface area contributed by atoms with E-state index >= 15 is 0 Å². The first-order valence-corrected chi connectivity index (χ1v) is 5.08. The number of hydrogen-bond acceptors (Lipinski definition) is 7. The summed E-state index contributed by atoms with van der Waals surface area (Å²) in [4.78, 5) is 0. The normalized spacial score (nSPS) is 10.8. The van der Waals surface area contributed by atoms with Crippen LogP contribution in [0.5, 0.6) is 0 Å². The quantitative estimate of drug-likeness (QED) is 0.771. The van der Waals surface area contributed by atoms with Crippen LogP contribution in [0.25, 0.3) is 5.13 Å². The maximum Gasteiger partial charge on any atom is 0.234 e. The molecule has 0 bridgehead atoms. The van der Waals surface area contributed by atoms with Gasteiger partial charge in [0.2, 0.25) is 5.13 Å². The van der Waals surface area contributed by atoms with E-state index in [1.54, 1.807) is 18.0 Å². The van der Waals surface area contributed by atoms with E-state index in [9.17, 15) is 0 Å². The van der Waals surface area contributed by atoms with Gasteiger partial charge in [-0.1, -0.05) is 16.6 Å². The second-order valence-electron chi connectivity index (χ2n) is 2.75. The number of nitrogens with two attached hydrogens (primary N) is 1. The molecule has 2 aromatic rings. The Bertz CT molecular complexity index is 438. The van der Waals surface area contributed by atoms with E-state index in [-0.39, 0.29) is 0 Å². The molecule has 0 spiro atoms. The third kappa shape index (κ3) is 2.01. The molecule has 0 fully saturated rings. The standard InChI is InChI=1S/C7H10N6OS/c1-14-4-6-10-11-7(15-6)13-5(2-8)3-9-12-13/h3H,2,4,8H2,1H3. The summed E-state index contributed by atoms with van der Waals surface area (Å²) in [5, 5.41) is 17.0. The molecule has 0 aliphatic rings. The number of hydrogen-bond donors (Lipinski definition) is 1. The van der Waals surface area contributed by atoms with Crippen molar-refractivity contribution in [1.29, 1.82) is 0 Å². The average molecular weight is 226 g/mol. The van der Waals surface area contributed by atoms with Gasteiger partial charge in [-0.15, -0.1) is 15.3 Å². The predicted octanol–water partition coefficient (Wildman–Crippen LogP) is -0.276. The van der Waals surface area contributed by atoms with E-state index in [4.69, 9.17) is 10.5 Å². The monoisotopic (exact) mass is 226 g/mol. The number of rotatable bonds is 4. The van der Waals surface area contributed by atoms with Gasteiger partial charge in [0, 0.05) is 13.7 Å². The molecule has 7 nitrogen and oxygen atoms in total. The summed E-state index contributed by atoms with van der Waals surface area (Å²) in [5.74, 6) is 0. The van der Waals surface area contributed by atoms with Crippen LogP contribution in [-0.2, 0) is 17.9 Å². The molecule has 0 saturated heterocycles. The molecule has 0 amide bonds. The van der Waals surface area contributed by atoms with Crippen molar-refractivity contribution in [3.8, 4) is 5.13 Å². The van der Waals surface area contributed by atoms with Gasteiger partial charge in [0.05, 0.1) is 11.9 Å². The van der Waals surface area contributed by atoms with Gasteiger partial charge in [-0.2, -0.15) is 4.68 Å². The van der Waals surface area contributed by atoms with Crippen molar-refractivity contribution < 1.29 is 4.74 Å². The zero-order chi connectivity index (χ0) is 10.7. The smallest absolute Gasteiger partial charge is 0.234 e. The SMILES string of the molecule is COCc1nnc(-n2nncc2CN)s1. The zero-order valence-corrected chi connectivity index (χ0v) is 8.94. The minimum absolute atomic E-state index is 0.367. The molecule has 0 radical (unpaired) electrons. The van der Waals surface area contributed by atoms with E-state index < -0.39 is 0 Å². The molecule has 0 saturated carbocycles. The molecule has 80 valence electrons. The fourth-order valence-corrected chi connectivity index (χ4v) is 1.86. The highest BCUT2D eigenvalue weighted by molar-refractivity contribution is 7.13. The van der Waals surface area contributed by atoms with Crippen LogP contribution in [0.3, 0.4) is 0 Å². The lowest BCUT2D eigenvalue weighted by Gasteiger charge is -1.96. The topological polar surface area (TPSA) is 91.7 Å². The van der Waals surface area contributed by atoms with E-state index in [2.05, 4.69) is 20.5 Å². The van der Waals surface area contributed by atoms with E-state index in [1.165, 1.54) is 11.3 Å². The summed E-state index contributed by atoms with van der Waals surface area (Å²) >= 11 is 1.40. The molecule has 2 rings (SSSR count). The van der Waals surface area contributed by atoms with Crippen LogP contribution in [0.4, 0.5) is 0 Å². The van der Waals surface area contributed by atoms with Crippen molar-refractivity contribution in [3.63, 3.8) is 0 Å². The van der Waals surface area contributed by atoms with Crippen LogP contribution in [0.1, 0.15) is 10.7 Å². The highest BCUT2D eigenvalue weighted by Crippen LogP contribution is 2.15. The molecule has 8 heteroatoms. The molecule has 0 unspecified atom stereocenters. The summed E-state index contributed by atoms with van der Waals surface area (Å²) in [6.07, 6.45) is 1.61. The Morgan fingerprint density at radius 1 is 1.53 bits per heavy atom. The maximum absolute atomic E-state index is 5.53. The summed E-state index contributed by atoms with van der Waals surface area (Å²) in [6, 6.07) is 0. The fraction of sp³-hybridized carbons (Fsp3) is 0.429. The summed E-state index contributed by atoms with van der Waals surface area (Å²) in [6.45, 7) is 0.816. The highest BCUT2D eigenvalue weighted by Gasteiger charge is 2.10. The first-order chi connectivity index (χ1) is 7.35. The summed E-state index contributed by atoms with van der Waals surface area (Å²) in [5.41, 5.74) is 6.33. The second-order valence-corrected chi connectivity index (χ2v) is 3.79. The molecule has 0 aliphatic heterocycles.